The van der Waals surface area contributed by atoms with Crippen LogP contribution in [0.15, 0.2) is 23.8 Å². The van der Waals surface area contributed by atoms with Crippen molar-refractivity contribution in [2.24, 2.45) is 40.4 Å². The van der Waals surface area contributed by atoms with Gasteiger partial charge in [-0.3, -0.25) is 0 Å². The van der Waals surface area contributed by atoms with Gasteiger partial charge in [-0.05, 0) is 78.6 Å². The Bertz CT molecular complexity index is 573. The van der Waals surface area contributed by atoms with E-state index in [4.69, 9.17) is 6.42 Å². The molecule has 0 radical (unpaired) electrons. The molecule has 22 heavy (non-hydrogen) atoms. The molecule has 7 atom stereocenters. The number of hydrogen-bond donors (Lipinski definition) is 0. The monoisotopic (exact) mass is 294 g/mol. The molecule has 0 heteroatoms. The van der Waals surface area contributed by atoms with Gasteiger partial charge in [0.25, 0.3) is 0 Å². The van der Waals surface area contributed by atoms with Gasteiger partial charge in [0.15, 0.2) is 0 Å². The number of fused-ring (bicyclic) bond motifs is 5. The van der Waals surface area contributed by atoms with Gasteiger partial charge in [0.05, 0.1) is 0 Å². The third kappa shape index (κ3) is 1.66. The molecule has 4 aliphatic rings. The maximum Gasteiger partial charge on any atom is 0.0256 e. The molecule has 0 aromatic rings. The molecule has 4 rings (SSSR count). The first kappa shape index (κ1) is 14.6. The van der Waals surface area contributed by atoms with E-state index < -0.39 is 0 Å². The summed E-state index contributed by atoms with van der Waals surface area (Å²) in [6.07, 6.45) is 21.2. The first-order chi connectivity index (χ1) is 10.5. The van der Waals surface area contributed by atoms with Crippen LogP contribution >= 0.6 is 0 Å². The fourth-order valence-corrected chi connectivity index (χ4v) is 6.87. The predicted molar refractivity (Wildman–Crippen MR) is 93.1 cm³/mol. The fourth-order valence-electron chi connectivity index (χ4n) is 6.87. The lowest BCUT2D eigenvalue weighted by Gasteiger charge is -2.58. The Morgan fingerprint density at radius 1 is 1.14 bits per heavy atom. The molecule has 2 fully saturated rings. The van der Waals surface area contributed by atoms with Gasteiger partial charge in [-0.25, -0.2) is 0 Å². The van der Waals surface area contributed by atoms with Crippen LogP contribution < -0.4 is 0 Å². The van der Waals surface area contributed by atoms with Crippen LogP contribution in [0.5, 0.6) is 0 Å². The van der Waals surface area contributed by atoms with Crippen molar-refractivity contribution in [3.8, 4) is 12.3 Å². The molecule has 0 spiro atoms. The SMILES string of the molecule is C#C[C@H]1CC[C@H]2[C@@H]3CC=C4C=CCC(C)[C@]4(C)[C@H]3CC[C@]12C. The smallest absolute Gasteiger partial charge is 0.0256 e. The summed E-state index contributed by atoms with van der Waals surface area (Å²) >= 11 is 0. The lowest BCUT2D eigenvalue weighted by molar-refractivity contribution is -0.0427. The van der Waals surface area contributed by atoms with Crippen LogP contribution in [0.2, 0.25) is 0 Å². The van der Waals surface area contributed by atoms with E-state index in [1.54, 1.807) is 5.57 Å². The van der Waals surface area contributed by atoms with Crippen molar-refractivity contribution >= 4 is 0 Å². The van der Waals surface area contributed by atoms with Crippen LogP contribution in [0, 0.1) is 52.8 Å². The summed E-state index contributed by atoms with van der Waals surface area (Å²) in [5.74, 6) is 7.07. The minimum atomic E-state index is 0.410. The molecule has 0 amide bonds. The van der Waals surface area contributed by atoms with Gasteiger partial charge in [-0.1, -0.05) is 39.0 Å². The molecule has 0 aromatic carbocycles. The van der Waals surface area contributed by atoms with Crippen molar-refractivity contribution in [2.45, 2.75) is 59.3 Å². The van der Waals surface area contributed by atoms with E-state index in [9.17, 15) is 0 Å². The zero-order chi connectivity index (χ0) is 15.5. The summed E-state index contributed by atoms with van der Waals surface area (Å²) in [5, 5.41) is 0. The summed E-state index contributed by atoms with van der Waals surface area (Å²) in [6.45, 7) is 7.56. The highest BCUT2D eigenvalue weighted by atomic mass is 14.6. The van der Waals surface area contributed by atoms with Crippen molar-refractivity contribution in [3.63, 3.8) is 0 Å². The fraction of sp³-hybridized carbons (Fsp3) is 0.727. The number of terminal acetylenes is 1. The van der Waals surface area contributed by atoms with Crippen LogP contribution in [-0.2, 0) is 0 Å². The average Bonchev–Trinajstić information content (AvgIpc) is 2.85. The largest absolute Gasteiger partial charge is 0.120 e. The summed E-state index contributed by atoms with van der Waals surface area (Å²) in [6, 6.07) is 0. The lowest BCUT2D eigenvalue weighted by Crippen LogP contribution is -2.51. The first-order valence-electron chi connectivity index (χ1n) is 9.35. The number of hydrogen-bond acceptors (Lipinski definition) is 0. The van der Waals surface area contributed by atoms with Crippen molar-refractivity contribution in [2.75, 3.05) is 0 Å². The molecule has 0 saturated heterocycles. The molecule has 0 heterocycles. The highest BCUT2D eigenvalue weighted by Crippen LogP contribution is 2.66. The molecule has 0 nitrogen and oxygen atoms in total. The van der Waals surface area contributed by atoms with Crippen LogP contribution in [0.3, 0.4) is 0 Å². The third-order valence-electron chi connectivity index (χ3n) is 8.45. The first-order valence-corrected chi connectivity index (χ1v) is 9.35. The van der Waals surface area contributed by atoms with E-state index in [2.05, 4.69) is 44.9 Å². The van der Waals surface area contributed by atoms with Crippen LogP contribution in [0.4, 0.5) is 0 Å². The minimum absolute atomic E-state index is 0.410. The zero-order valence-electron chi connectivity index (χ0n) is 14.4. The van der Waals surface area contributed by atoms with E-state index in [0.29, 0.717) is 16.7 Å². The summed E-state index contributed by atoms with van der Waals surface area (Å²) in [4.78, 5) is 0. The van der Waals surface area contributed by atoms with Gasteiger partial charge < -0.3 is 0 Å². The standard InChI is InChI=1S/C22H30/c1-5-16-10-12-19-18-11-9-17-8-6-7-15(2)22(17,4)20(18)13-14-21(16,19)3/h1,6,8-9,15-16,18-20H,7,10-14H2,2-4H3/t15?,16-,18-,19-,20-,21+,22-/m0/s1. The van der Waals surface area contributed by atoms with Crippen LogP contribution in [0.25, 0.3) is 0 Å². The summed E-state index contributed by atoms with van der Waals surface area (Å²) < 4.78 is 0. The zero-order valence-corrected chi connectivity index (χ0v) is 14.4. The molecule has 4 aliphatic carbocycles. The quantitative estimate of drug-likeness (QED) is 0.509. The average molecular weight is 294 g/mol. The van der Waals surface area contributed by atoms with E-state index in [0.717, 1.165) is 23.7 Å². The number of allylic oxidation sites excluding steroid dienone is 4. The third-order valence-corrected chi connectivity index (χ3v) is 8.45. The Kier molecular flexibility index (Phi) is 3.17. The molecule has 1 unspecified atom stereocenters. The van der Waals surface area contributed by atoms with Gasteiger partial charge in [0.1, 0.15) is 0 Å². The molecule has 0 aliphatic heterocycles. The topological polar surface area (TPSA) is 0 Å². The van der Waals surface area contributed by atoms with Gasteiger partial charge in [0.2, 0.25) is 0 Å². The Morgan fingerprint density at radius 2 is 1.95 bits per heavy atom. The highest BCUT2D eigenvalue weighted by molar-refractivity contribution is 5.35. The molecular weight excluding hydrogens is 264 g/mol. The predicted octanol–water partition coefficient (Wildman–Crippen LogP) is 5.61. The van der Waals surface area contributed by atoms with Crippen LogP contribution in [-0.4, -0.2) is 0 Å². The second-order valence-corrected chi connectivity index (χ2v) is 8.93. The van der Waals surface area contributed by atoms with Crippen molar-refractivity contribution in [1.82, 2.24) is 0 Å². The second-order valence-electron chi connectivity index (χ2n) is 8.93. The Morgan fingerprint density at radius 3 is 2.73 bits per heavy atom. The van der Waals surface area contributed by atoms with E-state index >= 15 is 0 Å². The normalized spacial score (nSPS) is 53.0. The van der Waals surface area contributed by atoms with Gasteiger partial charge in [-0.15, -0.1) is 12.3 Å². The van der Waals surface area contributed by atoms with E-state index in [1.807, 2.05) is 0 Å². The lowest BCUT2D eigenvalue weighted by atomic mass is 9.46. The molecule has 0 bridgehead atoms. The van der Waals surface area contributed by atoms with Crippen LogP contribution in [0.1, 0.15) is 59.3 Å². The molecule has 0 N–H and O–H groups in total. The highest BCUT2D eigenvalue weighted by Gasteiger charge is 2.58. The maximum absolute atomic E-state index is 5.88. The Balaban J connectivity index is 1.73. The van der Waals surface area contributed by atoms with Crippen molar-refractivity contribution in [1.29, 1.82) is 0 Å². The summed E-state index contributed by atoms with van der Waals surface area (Å²) in [5.41, 5.74) is 2.47. The minimum Gasteiger partial charge on any atom is -0.120 e. The van der Waals surface area contributed by atoms with Gasteiger partial charge in [0, 0.05) is 5.92 Å². The molecule has 2 saturated carbocycles. The Labute approximate surface area is 136 Å². The van der Waals surface area contributed by atoms with E-state index in [1.165, 1.54) is 38.5 Å². The molecule has 118 valence electrons. The molecular formula is C22H30. The Hall–Kier alpha value is -0.960. The van der Waals surface area contributed by atoms with Crippen molar-refractivity contribution < 1.29 is 0 Å². The van der Waals surface area contributed by atoms with Gasteiger partial charge >= 0.3 is 0 Å². The second kappa shape index (κ2) is 4.77. The van der Waals surface area contributed by atoms with E-state index in [-0.39, 0.29) is 0 Å². The van der Waals surface area contributed by atoms with Gasteiger partial charge in [-0.2, -0.15) is 0 Å². The maximum atomic E-state index is 5.88. The summed E-state index contributed by atoms with van der Waals surface area (Å²) in [7, 11) is 0. The number of rotatable bonds is 0. The van der Waals surface area contributed by atoms with Crippen molar-refractivity contribution in [3.05, 3.63) is 23.8 Å². The molecule has 0 aromatic heterocycles.